The lowest BCUT2D eigenvalue weighted by Gasteiger charge is -2.41. The molecule has 0 rings (SSSR count). The zero-order valence-corrected chi connectivity index (χ0v) is 14.7. The van der Waals surface area contributed by atoms with Crippen molar-refractivity contribution in [3.8, 4) is 0 Å². The predicted octanol–water partition coefficient (Wildman–Crippen LogP) is 5.09. The first kappa shape index (κ1) is 19.7. The third-order valence-corrected chi connectivity index (χ3v) is 6.47. The molecule has 0 aromatic heterocycles. The van der Waals surface area contributed by atoms with Crippen molar-refractivity contribution in [2.24, 2.45) is 0 Å². The molecule has 17 heavy (non-hydrogen) atoms. The fourth-order valence-corrected chi connectivity index (χ4v) is 5.91. The zero-order chi connectivity index (χ0) is 14.1. The third-order valence-electron chi connectivity index (χ3n) is 2.56. The van der Waals surface area contributed by atoms with Gasteiger partial charge in [0, 0.05) is 0 Å². The molecule has 0 spiro atoms. The van der Waals surface area contributed by atoms with E-state index >= 15 is 0 Å². The molecule has 0 aromatic rings. The topological polar surface area (TPSA) is 12.0 Å². The van der Waals surface area contributed by atoms with Gasteiger partial charge in [0.15, 0.2) is 0 Å². The first-order valence-corrected chi connectivity index (χ1v) is 8.70. The molecule has 0 aromatic carbocycles. The van der Waals surface area contributed by atoms with Crippen LogP contribution in [-0.4, -0.2) is 29.6 Å². The van der Waals surface area contributed by atoms with Crippen molar-refractivity contribution < 1.29 is 0 Å². The van der Waals surface area contributed by atoms with Crippen LogP contribution in [-0.2, 0) is 0 Å². The Morgan fingerprint density at radius 1 is 0.824 bits per heavy atom. The van der Waals surface area contributed by atoms with Crippen molar-refractivity contribution in [3.05, 3.63) is 0 Å². The van der Waals surface area contributed by atoms with Crippen LogP contribution in [0, 0.1) is 0 Å². The van der Waals surface area contributed by atoms with Gasteiger partial charge in [0.2, 0.25) is 0 Å². The van der Waals surface area contributed by atoms with Gasteiger partial charge >= 0.3 is 0 Å². The highest BCUT2D eigenvalue weighted by molar-refractivity contribution is 7.60. The van der Waals surface area contributed by atoms with E-state index in [9.17, 15) is 0 Å². The lowest BCUT2D eigenvalue weighted by Crippen LogP contribution is -2.30. The quantitative estimate of drug-likeness (QED) is 0.537. The van der Waals surface area contributed by atoms with Gasteiger partial charge in [-0.25, -0.2) is 0 Å². The molecule has 0 aliphatic carbocycles. The third kappa shape index (κ3) is 10.0. The molecule has 106 valence electrons. The van der Waals surface area contributed by atoms with E-state index in [-0.39, 0.29) is 7.92 Å². The summed E-state index contributed by atoms with van der Waals surface area (Å²) in [6, 6.07) is 0. The molecule has 1 nitrogen and oxygen atoms in total. The Hall–Kier alpha value is 0.390. The van der Waals surface area contributed by atoms with Crippen LogP contribution >= 0.6 is 7.92 Å². The van der Waals surface area contributed by atoms with E-state index in [4.69, 9.17) is 0 Å². The maximum absolute atomic E-state index is 3.53. The lowest BCUT2D eigenvalue weighted by molar-refractivity contribution is 0.674. The summed E-state index contributed by atoms with van der Waals surface area (Å²) in [6.07, 6.45) is 2.59. The van der Waals surface area contributed by atoms with E-state index in [1.54, 1.807) is 0 Å². The van der Waals surface area contributed by atoms with Crippen molar-refractivity contribution in [1.82, 2.24) is 5.32 Å². The molecule has 0 fully saturated rings. The maximum atomic E-state index is 3.53. The highest BCUT2D eigenvalue weighted by atomic mass is 31.1. The molecular weight excluding hydrogens is 225 g/mol. The van der Waals surface area contributed by atoms with Crippen LogP contribution in [0.3, 0.4) is 0 Å². The van der Waals surface area contributed by atoms with Crippen molar-refractivity contribution in [2.75, 3.05) is 19.3 Å². The lowest BCUT2D eigenvalue weighted by atomic mass is 10.2. The molecule has 0 bridgehead atoms. The fraction of sp³-hybridized carbons (Fsp3) is 1.00. The number of rotatable bonds is 5. The second-order valence-electron chi connectivity index (χ2n) is 6.24. The number of nitrogens with one attached hydrogen (secondary N) is 1. The molecule has 0 atom stereocenters. The number of hydrogen-bond acceptors (Lipinski definition) is 1. The summed E-state index contributed by atoms with van der Waals surface area (Å²) in [5.74, 6) is 0. The fourth-order valence-electron chi connectivity index (χ4n) is 2.17. The van der Waals surface area contributed by atoms with Crippen LogP contribution in [0.2, 0.25) is 0 Å². The Morgan fingerprint density at radius 2 is 1.24 bits per heavy atom. The van der Waals surface area contributed by atoms with Crippen molar-refractivity contribution >= 4 is 7.92 Å². The molecule has 0 saturated heterocycles. The van der Waals surface area contributed by atoms with Gasteiger partial charge in [-0.3, -0.25) is 0 Å². The zero-order valence-electron chi connectivity index (χ0n) is 13.8. The van der Waals surface area contributed by atoms with Crippen LogP contribution in [0.25, 0.3) is 0 Å². The minimum Gasteiger partial charge on any atom is -0.316 e. The molecule has 0 radical (unpaired) electrons. The van der Waals surface area contributed by atoms with Gasteiger partial charge in [-0.05, 0) is 36.0 Å². The predicted molar refractivity (Wildman–Crippen MR) is 85.8 cm³/mol. The van der Waals surface area contributed by atoms with Crippen molar-refractivity contribution in [2.45, 2.75) is 79.0 Å². The Balaban J connectivity index is 0. The Morgan fingerprint density at radius 3 is 1.53 bits per heavy atom. The normalized spacial score (nSPS) is 12.4. The highest BCUT2D eigenvalue weighted by Gasteiger charge is 2.33. The summed E-state index contributed by atoms with van der Waals surface area (Å²) in [5.41, 5.74) is 0. The largest absolute Gasteiger partial charge is 0.316 e. The average molecular weight is 261 g/mol. The molecule has 0 aliphatic heterocycles. The van der Waals surface area contributed by atoms with E-state index in [2.05, 4.69) is 53.8 Å². The van der Waals surface area contributed by atoms with Crippen LogP contribution in [0.1, 0.15) is 68.7 Å². The molecule has 0 saturated carbocycles. The minimum absolute atomic E-state index is 0.0781. The first-order chi connectivity index (χ1) is 7.69. The molecule has 0 amide bonds. The summed E-state index contributed by atoms with van der Waals surface area (Å²) >= 11 is 0. The smallest absolute Gasteiger partial charge is 0.000913 e. The summed E-state index contributed by atoms with van der Waals surface area (Å²) in [7, 11) is 0.0781. The van der Waals surface area contributed by atoms with Gasteiger partial charge < -0.3 is 5.32 Å². The molecule has 0 unspecified atom stereocenters. The maximum Gasteiger partial charge on any atom is -0.000913 e. The van der Waals surface area contributed by atoms with Gasteiger partial charge in [0.1, 0.15) is 0 Å². The van der Waals surface area contributed by atoms with Gasteiger partial charge in [-0.2, -0.15) is 0 Å². The molecule has 0 heterocycles. The van der Waals surface area contributed by atoms with Crippen LogP contribution in [0.4, 0.5) is 0 Å². The van der Waals surface area contributed by atoms with Crippen molar-refractivity contribution in [3.63, 3.8) is 0 Å². The summed E-state index contributed by atoms with van der Waals surface area (Å²) < 4.78 is 0. The van der Waals surface area contributed by atoms with E-state index in [0.717, 1.165) is 6.54 Å². The molecule has 0 aliphatic rings. The van der Waals surface area contributed by atoms with E-state index < -0.39 is 0 Å². The summed E-state index contributed by atoms with van der Waals surface area (Å²) in [6.45, 7) is 22.9. The SMILES string of the molecule is CC.CCCNCCP(C(C)(C)C)C(C)(C)C. The van der Waals surface area contributed by atoms with Crippen molar-refractivity contribution in [1.29, 1.82) is 0 Å². The summed E-state index contributed by atoms with van der Waals surface area (Å²) in [5, 5.41) is 4.47. The van der Waals surface area contributed by atoms with E-state index in [1.807, 2.05) is 13.8 Å². The van der Waals surface area contributed by atoms with Gasteiger partial charge in [0.05, 0.1) is 0 Å². The van der Waals surface area contributed by atoms with Crippen LogP contribution in [0.15, 0.2) is 0 Å². The Bertz CT molecular complexity index is 151. The van der Waals surface area contributed by atoms with Crippen LogP contribution in [0.5, 0.6) is 0 Å². The standard InChI is InChI=1S/C13H30NP.C2H6/c1-8-9-14-10-11-15(12(2,3)4)13(5,6)7;1-2/h14H,8-11H2,1-7H3;1-2H3. The van der Waals surface area contributed by atoms with Gasteiger partial charge in [-0.15, -0.1) is 0 Å². The Labute approximate surface area is 112 Å². The first-order valence-electron chi connectivity index (χ1n) is 7.18. The summed E-state index contributed by atoms with van der Waals surface area (Å²) in [4.78, 5) is 0. The second-order valence-corrected chi connectivity index (χ2v) is 10.2. The second kappa shape index (κ2) is 9.34. The monoisotopic (exact) mass is 261 g/mol. The average Bonchev–Trinajstić information content (AvgIpc) is 2.16. The highest BCUT2D eigenvalue weighted by Crippen LogP contribution is 2.58. The van der Waals surface area contributed by atoms with E-state index in [0.29, 0.717) is 10.3 Å². The molecular formula is C15H36NP. The van der Waals surface area contributed by atoms with E-state index in [1.165, 1.54) is 19.1 Å². The van der Waals surface area contributed by atoms with Gasteiger partial charge in [-0.1, -0.05) is 70.2 Å². The Kier molecular flexibility index (Phi) is 10.8. The minimum atomic E-state index is 0.0781. The van der Waals surface area contributed by atoms with Gasteiger partial charge in [0.25, 0.3) is 0 Å². The molecule has 2 heteroatoms. The number of hydrogen-bond donors (Lipinski definition) is 1. The van der Waals surface area contributed by atoms with Crippen LogP contribution < -0.4 is 5.32 Å². The molecule has 1 N–H and O–H groups in total.